The van der Waals surface area contributed by atoms with Crippen molar-refractivity contribution >= 4 is 23.2 Å². The van der Waals surface area contributed by atoms with Gasteiger partial charge in [-0.15, -0.1) is 11.6 Å². The van der Waals surface area contributed by atoms with Crippen LogP contribution in [-0.4, -0.2) is 9.97 Å². The van der Waals surface area contributed by atoms with Gasteiger partial charge < -0.3 is 4.74 Å². The molecule has 0 aliphatic heterocycles. The summed E-state index contributed by atoms with van der Waals surface area (Å²) in [5.74, 6) is 0.922. The Morgan fingerprint density at radius 3 is 2.71 bits per heavy atom. The molecule has 0 unspecified atom stereocenters. The molecule has 0 fully saturated rings. The number of aromatic nitrogens is 2. The van der Waals surface area contributed by atoms with Crippen molar-refractivity contribution in [2.75, 3.05) is 0 Å². The van der Waals surface area contributed by atoms with Crippen LogP contribution < -0.4 is 4.74 Å². The molecule has 1 aromatic carbocycles. The van der Waals surface area contributed by atoms with Crippen molar-refractivity contribution in [1.82, 2.24) is 9.97 Å². The standard InChI is InChI=1S/C12H10Cl2N2O/c1-8-9(6-13)7-15-12(16-8)17-11-5-3-2-4-10(11)14/h2-5,7H,6H2,1H3. The zero-order valence-electron chi connectivity index (χ0n) is 9.15. The summed E-state index contributed by atoms with van der Waals surface area (Å²) in [5, 5.41) is 0.523. The van der Waals surface area contributed by atoms with E-state index in [4.69, 9.17) is 27.9 Å². The highest BCUT2D eigenvalue weighted by atomic mass is 35.5. The lowest BCUT2D eigenvalue weighted by Gasteiger charge is -2.07. The van der Waals surface area contributed by atoms with Crippen LogP contribution >= 0.6 is 23.2 Å². The SMILES string of the molecule is Cc1nc(Oc2ccccc2Cl)ncc1CCl. The van der Waals surface area contributed by atoms with E-state index >= 15 is 0 Å². The van der Waals surface area contributed by atoms with Crippen molar-refractivity contribution in [3.8, 4) is 11.8 Å². The largest absolute Gasteiger partial charge is 0.423 e. The maximum atomic E-state index is 5.97. The molecule has 0 saturated heterocycles. The molecule has 1 aromatic heterocycles. The van der Waals surface area contributed by atoms with E-state index in [1.54, 1.807) is 18.3 Å². The van der Waals surface area contributed by atoms with Gasteiger partial charge in [-0.05, 0) is 19.1 Å². The Hall–Kier alpha value is -1.32. The smallest absolute Gasteiger partial charge is 0.322 e. The highest BCUT2D eigenvalue weighted by Gasteiger charge is 2.06. The molecular formula is C12H10Cl2N2O. The van der Waals surface area contributed by atoms with Gasteiger partial charge >= 0.3 is 6.01 Å². The number of hydrogen-bond acceptors (Lipinski definition) is 3. The van der Waals surface area contributed by atoms with Gasteiger partial charge in [0, 0.05) is 17.5 Å². The molecule has 88 valence electrons. The predicted molar refractivity (Wildman–Crippen MR) is 67.9 cm³/mol. The van der Waals surface area contributed by atoms with Gasteiger partial charge in [0.1, 0.15) is 5.75 Å². The van der Waals surface area contributed by atoms with Gasteiger partial charge in [-0.1, -0.05) is 23.7 Å². The summed E-state index contributed by atoms with van der Waals surface area (Å²) in [4.78, 5) is 8.27. The number of para-hydroxylation sites is 1. The maximum Gasteiger partial charge on any atom is 0.322 e. The van der Waals surface area contributed by atoms with Crippen LogP contribution in [-0.2, 0) is 5.88 Å². The Labute approximate surface area is 109 Å². The average molecular weight is 269 g/mol. The number of ether oxygens (including phenoxy) is 1. The van der Waals surface area contributed by atoms with Crippen LogP contribution in [0.15, 0.2) is 30.5 Å². The van der Waals surface area contributed by atoms with Crippen molar-refractivity contribution in [2.45, 2.75) is 12.8 Å². The molecule has 2 rings (SSSR count). The number of benzene rings is 1. The summed E-state index contributed by atoms with van der Waals surface area (Å²) < 4.78 is 5.49. The second-order valence-electron chi connectivity index (χ2n) is 3.43. The first-order chi connectivity index (χ1) is 8.20. The molecule has 1 heterocycles. The molecule has 2 aromatic rings. The van der Waals surface area contributed by atoms with Crippen molar-refractivity contribution in [2.24, 2.45) is 0 Å². The molecular weight excluding hydrogens is 259 g/mol. The molecule has 17 heavy (non-hydrogen) atoms. The molecule has 0 saturated carbocycles. The number of rotatable bonds is 3. The van der Waals surface area contributed by atoms with E-state index in [0.717, 1.165) is 11.3 Å². The summed E-state index contributed by atoms with van der Waals surface area (Å²) in [6.07, 6.45) is 1.65. The minimum atomic E-state index is 0.268. The third-order valence-corrected chi connectivity index (χ3v) is 2.84. The van der Waals surface area contributed by atoms with Crippen LogP contribution in [0.5, 0.6) is 11.8 Å². The van der Waals surface area contributed by atoms with Gasteiger partial charge in [0.15, 0.2) is 0 Å². The van der Waals surface area contributed by atoms with E-state index in [0.29, 0.717) is 16.7 Å². The lowest BCUT2D eigenvalue weighted by atomic mass is 10.3. The molecule has 0 aliphatic rings. The fourth-order valence-electron chi connectivity index (χ4n) is 1.28. The van der Waals surface area contributed by atoms with Crippen molar-refractivity contribution in [3.63, 3.8) is 0 Å². The Bertz CT molecular complexity index is 532. The number of halogens is 2. The number of alkyl halides is 1. The molecule has 3 nitrogen and oxygen atoms in total. The molecule has 0 radical (unpaired) electrons. The first-order valence-corrected chi connectivity index (χ1v) is 5.93. The first-order valence-electron chi connectivity index (χ1n) is 5.01. The summed E-state index contributed by atoms with van der Waals surface area (Å²) in [6.45, 7) is 1.86. The Kier molecular flexibility index (Phi) is 3.82. The van der Waals surface area contributed by atoms with Crippen LogP contribution in [0.25, 0.3) is 0 Å². The minimum Gasteiger partial charge on any atom is -0.423 e. The fraction of sp³-hybridized carbons (Fsp3) is 0.167. The molecule has 5 heteroatoms. The van der Waals surface area contributed by atoms with Gasteiger partial charge in [-0.3, -0.25) is 0 Å². The van der Waals surface area contributed by atoms with Crippen LogP contribution in [0.4, 0.5) is 0 Å². The van der Waals surface area contributed by atoms with Crippen LogP contribution in [0.1, 0.15) is 11.3 Å². The van der Waals surface area contributed by atoms with Crippen LogP contribution in [0, 0.1) is 6.92 Å². The van der Waals surface area contributed by atoms with Crippen molar-refractivity contribution in [3.05, 3.63) is 46.7 Å². The van der Waals surface area contributed by atoms with Gasteiger partial charge in [0.25, 0.3) is 0 Å². The zero-order valence-corrected chi connectivity index (χ0v) is 10.7. The van der Waals surface area contributed by atoms with E-state index in [9.17, 15) is 0 Å². The fourth-order valence-corrected chi connectivity index (χ4v) is 1.71. The van der Waals surface area contributed by atoms with E-state index in [1.165, 1.54) is 0 Å². The molecule has 0 bridgehead atoms. The Balaban J connectivity index is 2.25. The Morgan fingerprint density at radius 2 is 2.06 bits per heavy atom. The summed E-state index contributed by atoms with van der Waals surface area (Å²) in [5.41, 5.74) is 1.69. The van der Waals surface area contributed by atoms with Crippen molar-refractivity contribution < 1.29 is 4.74 Å². The number of nitrogens with zero attached hydrogens (tertiary/aromatic N) is 2. The van der Waals surface area contributed by atoms with Crippen molar-refractivity contribution in [1.29, 1.82) is 0 Å². The molecule has 0 spiro atoms. The second kappa shape index (κ2) is 5.34. The Morgan fingerprint density at radius 1 is 1.29 bits per heavy atom. The zero-order chi connectivity index (χ0) is 12.3. The monoisotopic (exact) mass is 268 g/mol. The third kappa shape index (κ3) is 2.87. The van der Waals surface area contributed by atoms with Crippen LogP contribution in [0.2, 0.25) is 5.02 Å². The lowest BCUT2D eigenvalue weighted by molar-refractivity contribution is 0.440. The highest BCUT2D eigenvalue weighted by molar-refractivity contribution is 6.32. The lowest BCUT2D eigenvalue weighted by Crippen LogP contribution is -1.97. The summed E-state index contributed by atoms with van der Waals surface area (Å²) >= 11 is 11.7. The van der Waals surface area contributed by atoms with Gasteiger partial charge in [0.2, 0.25) is 0 Å². The normalized spacial score (nSPS) is 10.3. The first kappa shape index (κ1) is 12.1. The quantitative estimate of drug-likeness (QED) is 0.791. The maximum absolute atomic E-state index is 5.97. The predicted octanol–water partition coefficient (Wildman–Crippen LogP) is 3.97. The van der Waals surface area contributed by atoms with E-state index in [1.807, 2.05) is 19.1 Å². The second-order valence-corrected chi connectivity index (χ2v) is 4.10. The molecule has 0 aliphatic carbocycles. The minimum absolute atomic E-state index is 0.268. The number of aryl methyl sites for hydroxylation is 1. The molecule has 0 amide bonds. The summed E-state index contributed by atoms with van der Waals surface area (Å²) in [6, 6.07) is 7.44. The molecule has 0 atom stereocenters. The van der Waals surface area contributed by atoms with Gasteiger partial charge in [0.05, 0.1) is 10.9 Å². The van der Waals surface area contributed by atoms with Crippen LogP contribution in [0.3, 0.4) is 0 Å². The van der Waals surface area contributed by atoms with E-state index in [-0.39, 0.29) is 6.01 Å². The van der Waals surface area contributed by atoms with E-state index in [2.05, 4.69) is 9.97 Å². The van der Waals surface area contributed by atoms with Gasteiger partial charge in [-0.25, -0.2) is 4.98 Å². The average Bonchev–Trinajstić information content (AvgIpc) is 2.32. The van der Waals surface area contributed by atoms with E-state index < -0.39 is 0 Å². The highest BCUT2D eigenvalue weighted by Crippen LogP contribution is 2.27. The topological polar surface area (TPSA) is 35.0 Å². The summed E-state index contributed by atoms with van der Waals surface area (Å²) in [7, 11) is 0. The number of hydrogen-bond donors (Lipinski definition) is 0. The molecule has 0 N–H and O–H groups in total. The third-order valence-electron chi connectivity index (χ3n) is 2.24. The van der Waals surface area contributed by atoms with Gasteiger partial charge in [-0.2, -0.15) is 4.98 Å².